The number of aliphatic hydroxyl groups is 1. The minimum absolute atomic E-state index is 0.367. The SMILES string of the molecule is CCOCCC12CC(CO)(C1)C2. The van der Waals surface area contributed by atoms with Gasteiger partial charge in [0.05, 0.1) is 0 Å². The largest absolute Gasteiger partial charge is 0.396 e. The zero-order chi connectivity index (χ0) is 8.66. The summed E-state index contributed by atoms with van der Waals surface area (Å²) in [7, 11) is 0. The Hall–Kier alpha value is -0.0800. The molecule has 70 valence electrons. The second kappa shape index (κ2) is 2.71. The first-order valence-electron chi connectivity index (χ1n) is 4.93. The van der Waals surface area contributed by atoms with Gasteiger partial charge in [-0.3, -0.25) is 0 Å². The smallest absolute Gasteiger partial charge is 0.0488 e. The lowest BCUT2D eigenvalue weighted by atomic mass is 9.34. The van der Waals surface area contributed by atoms with Gasteiger partial charge >= 0.3 is 0 Å². The summed E-state index contributed by atoms with van der Waals surface area (Å²) in [6.07, 6.45) is 4.97. The van der Waals surface area contributed by atoms with E-state index in [0.29, 0.717) is 17.4 Å². The fourth-order valence-corrected chi connectivity index (χ4v) is 3.10. The van der Waals surface area contributed by atoms with E-state index in [9.17, 15) is 0 Å². The summed E-state index contributed by atoms with van der Waals surface area (Å²) in [6, 6.07) is 0. The van der Waals surface area contributed by atoms with Gasteiger partial charge in [0, 0.05) is 19.8 Å². The van der Waals surface area contributed by atoms with Crippen LogP contribution < -0.4 is 0 Å². The van der Waals surface area contributed by atoms with E-state index in [-0.39, 0.29) is 0 Å². The summed E-state index contributed by atoms with van der Waals surface area (Å²) in [5, 5.41) is 9.04. The molecule has 0 aliphatic heterocycles. The molecule has 3 aliphatic rings. The van der Waals surface area contributed by atoms with Gasteiger partial charge in [0.2, 0.25) is 0 Å². The van der Waals surface area contributed by atoms with Crippen molar-refractivity contribution in [1.82, 2.24) is 0 Å². The maximum absolute atomic E-state index is 9.04. The second-order valence-electron chi connectivity index (χ2n) is 4.64. The van der Waals surface area contributed by atoms with E-state index in [1.807, 2.05) is 6.92 Å². The average Bonchev–Trinajstić information content (AvgIpc) is 1.92. The summed E-state index contributed by atoms with van der Waals surface area (Å²) >= 11 is 0. The minimum Gasteiger partial charge on any atom is -0.396 e. The molecule has 0 heterocycles. The summed E-state index contributed by atoms with van der Waals surface area (Å²) in [5.41, 5.74) is 0.962. The monoisotopic (exact) mass is 170 g/mol. The van der Waals surface area contributed by atoms with Crippen LogP contribution in [0.25, 0.3) is 0 Å². The van der Waals surface area contributed by atoms with Gasteiger partial charge in [0.25, 0.3) is 0 Å². The lowest BCUT2D eigenvalue weighted by Gasteiger charge is -2.70. The van der Waals surface area contributed by atoms with E-state index in [4.69, 9.17) is 9.84 Å². The van der Waals surface area contributed by atoms with Crippen LogP contribution >= 0.6 is 0 Å². The number of hydrogen-bond acceptors (Lipinski definition) is 2. The molecule has 2 bridgehead atoms. The van der Waals surface area contributed by atoms with Crippen molar-refractivity contribution in [3.63, 3.8) is 0 Å². The predicted molar refractivity (Wildman–Crippen MR) is 46.9 cm³/mol. The van der Waals surface area contributed by atoms with Crippen LogP contribution in [0.5, 0.6) is 0 Å². The maximum Gasteiger partial charge on any atom is 0.0488 e. The van der Waals surface area contributed by atoms with E-state index < -0.39 is 0 Å². The van der Waals surface area contributed by atoms with Gasteiger partial charge in [0.15, 0.2) is 0 Å². The Morgan fingerprint density at radius 2 is 1.92 bits per heavy atom. The Morgan fingerprint density at radius 3 is 2.42 bits per heavy atom. The van der Waals surface area contributed by atoms with E-state index in [2.05, 4.69) is 0 Å². The van der Waals surface area contributed by atoms with Crippen molar-refractivity contribution in [2.24, 2.45) is 10.8 Å². The summed E-state index contributed by atoms with van der Waals surface area (Å²) in [4.78, 5) is 0. The van der Waals surface area contributed by atoms with E-state index in [1.165, 1.54) is 25.7 Å². The van der Waals surface area contributed by atoms with E-state index >= 15 is 0 Å². The Bertz CT molecular complexity index is 157. The van der Waals surface area contributed by atoms with Crippen LogP contribution in [0.1, 0.15) is 32.6 Å². The van der Waals surface area contributed by atoms with Crippen molar-refractivity contribution < 1.29 is 9.84 Å². The van der Waals surface area contributed by atoms with Crippen LogP contribution in [0.15, 0.2) is 0 Å². The number of ether oxygens (including phenoxy) is 1. The highest BCUT2D eigenvalue weighted by molar-refractivity contribution is 5.16. The molecule has 0 saturated heterocycles. The van der Waals surface area contributed by atoms with Crippen molar-refractivity contribution in [3.8, 4) is 0 Å². The van der Waals surface area contributed by atoms with Gasteiger partial charge < -0.3 is 9.84 Å². The first kappa shape index (κ1) is 8.52. The number of aliphatic hydroxyl groups excluding tert-OH is 1. The van der Waals surface area contributed by atoms with Crippen LogP contribution in [0.4, 0.5) is 0 Å². The lowest BCUT2D eigenvalue weighted by Crippen LogP contribution is -2.63. The zero-order valence-electron chi connectivity index (χ0n) is 7.81. The molecular formula is C10H18O2. The zero-order valence-corrected chi connectivity index (χ0v) is 7.81. The molecule has 0 amide bonds. The Balaban J connectivity index is 1.67. The Kier molecular flexibility index (Phi) is 1.92. The van der Waals surface area contributed by atoms with Gasteiger partial charge in [-0.15, -0.1) is 0 Å². The molecule has 0 radical (unpaired) electrons. The predicted octanol–water partition coefficient (Wildman–Crippen LogP) is 1.58. The first-order chi connectivity index (χ1) is 5.74. The summed E-state index contributed by atoms with van der Waals surface area (Å²) in [5.74, 6) is 0. The first-order valence-corrected chi connectivity index (χ1v) is 4.93. The van der Waals surface area contributed by atoms with E-state index in [1.54, 1.807) is 0 Å². The van der Waals surface area contributed by atoms with Crippen LogP contribution in [0, 0.1) is 10.8 Å². The highest BCUT2D eigenvalue weighted by Gasteiger charge is 2.66. The third-order valence-corrected chi connectivity index (χ3v) is 3.57. The molecule has 0 spiro atoms. The normalized spacial score (nSPS) is 43.5. The molecule has 2 heteroatoms. The molecule has 3 aliphatic carbocycles. The molecule has 3 fully saturated rings. The van der Waals surface area contributed by atoms with Crippen molar-refractivity contribution in [2.75, 3.05) is 19.8 Å². The maximum atomic E-state index is 9.04. The molecule has 0 aromatic carbocycles. The Morgan fingerprint density at radius 1 is 1.25 bits per heavy atom. The summed E-state index contributed by atoms with van der Waals surface area (Å²) in [6.45, 7) is 4.19. The number of rotatable bonds is 5. The van der Waals surface area contributed by atoms with Gasteiger partial charge in [-0.2, -0.15) is 0 Å². The molecule has 2 nitrogen and oxygen atoms in total. The standard InChI is InChI=1S/C10H18O2/c1-2-12-4-3-9-5-10(6-9,7-9)8-11/h11H,2-8H2,1H3. The molecule has 12 heavy (non-hydrogen) atoms. The van der Waals surface area contributed by atoms with Crippen LogP contribution in [0.3, 0.4) is 0 Å². The number of hydrogen-bond donors (Lipinski definition) is 1. The molecular weight excluding hydrogens is 152 g/mol. The van der Waals surface area contributed by atoms with Crippen molar-refractivity contribution in [3.05, 3.63) is 0 Å². The summed E-state index contributed by atoms with van der Waals surface area (Å²) < 4.78 is 5.33. The van der Waals surface area contributed by atoms with E-state index in [0.717, 1.165) is 13.2 Å². The highest BCUT2D eigenvalue weighted by Crippen LogP contribution is 2.74. The lowest BCUT2D eigenvalue weighted by molar-refractivity contribution is -0.230. The van der Waals surface area contributed by atoms with Gasteiger partial charge in [-0.05, 0) is 43.4 Å². The molecule has 0 unspecified atom stereocenters. The molecule has 0 atom stereocenters. The molecule has 3 rings (SSSR count). The van der Waals surface area contributed by atoms with Gasteiger partial charge in [0.1, 0.15) is 0 Å². The minimum atomic E-state index is 0.367. The quantitative estimate of drug-likeness (QED) is 0.635. The van der Waals surface area contributed by atoms with Crippen molar-refractivity contribution >= 4 is 0 Å². The fourth-order valence-electron chi connectivity index (χ4n) is 3.10. The molecule has 0 aromatic heterocycles. The van der Waals surface area contributed by atoms with Gasteiger partial charge in [-0.25, -0.2) is 0 Å². The molecule has 0 aromatic rings. The molecule has 3 saturated carbocycles. The van der Waals surface area contributed by atoms with Gasteiger partial charge in [-0.1, -0.05) is 0 Å². The topological polar surface area (TPSA) is 29.5 Å². The van der Waals surface area contributed by atoms with Crippen molar-refractivity contribution in [2.45, 2.75) is 32.6 Å². The van der Waals surface area contributed by atoms with Crippen LogP contribution in [0.2, 0.25) is 0 Å². The fraction of sp³-hybridized carbons (Fsp3) is 1.00. The molecule has 1 N–H and O–H groups in total. The second-order valence-corrected chi connectivity index (χ2v) is 4.64. The van der Waals surface area contributed by atoms with Crippen molar-refractivity contribution in [1.29, 1.82) is 0 Å². The average molecular weight is 170 g/mol. The Labute approximate surface area is 73.9 Å². The highest BCUT2D eigenvalue weighted by atomic mass is 16.5. The van der Waals surface area contributed by atoms with Crippen LogP contribution in [-0.4, -0.2) is 24.9 Å². The third kappa shape index (κ3) is 1.09. The van der Waals surface area contributed by atoms with Crippen LogP contribution in [-0.2, 0) is 4.74 Å². The third-order valence-electron chi connectivity index (χ3n) is 3.57.